The average Bonchev–Trinajstić information content (AvgIpc) is 1.37. The van der Waals surface area contributed by atoms with Gasteiger partial charge in [-0.3, -0.25) is 0 Å². The molecule has 0 aliphatic carbocycles. The molecule has 0 saturated heterocycles. The summed E-state index contributed by atoms with van der Waals surface area (Å²) in [4.78, 5) is 0. The van der Waals surface area contributed by atoms with Crippen LogP contribution in [-0.4, -0.2) is 5.80 Å². The Morgan fingerprint density at radius 1 is 2.00 bits per heavy atom. The van der Waals surface area contributed by atoms with E-state index in [9.17, 15) is 4.57 Å². The molecule has 0 rings (SSSR count). The molecule has 0 aromatic rings. The van der Waals surface area contributed by atoms with Gasteiger partial charge in [0.05, 0.1) is 0 Å². The van der Waals surface area contributed by atoms with Crippen LogP contribution in [0.4, 0.5) is 0 Å². The summed E-state index contributed by atoms with van der Waals surface area (Å²) in [5, 5.41) is 0. The third kappa shape index (κ3) is 2.10. The predicted molar refractivity (Wildman–Crippen MR) is 19.3 cm³/mol. The normalized spacial score (nSPS) is 5.25. The van der Waals surface area contributed by atoms with Crippen molar-refractivity contribution in [3.05, 3.63) is 0 Å². The van der Waals surface area contributed by atoms with Crippen molar-refractivity contribution in [2.45, 2.75) is 6.92 Å². The molecule has 1 nitrogen and oxygen atoms in total. The zero-order valence-corrected chi connectivity index (χ0v) is 3.33. The average molecular weight is 75.0 g/mol. The van der Waals surface area contributed by atoms with Gasteiger partial charge in [-0.15, -0.1) is 0 Å². The Kier molecular flexibility index (Phi) is 3.18. The second-order valence-corrected chi connectivity index (χ2v) is 1.09. The molecule has 0 spiro atoms. The van der Waals surface area contributed by atoms with Gasteiger partial charge in [-0.05, 0) is 0 Å². The molecule has 22 valence electrons. The van der Waals surface area contributed by atoms with Crippen LogP contribution in [-0.2, 0) is 4.57 Å². The Bertz CT molecular complexity index is 44.0. The molecule has 0 aromatic carbocycles. The summed E-state index contributed by atoms with van der Waals surface area (Å²) in [6.07, 6.45) is 0. The summed E-state index contributed by atoms with van der Waals surface area (Å²) in [6.45, 7) is 1.73. The summed E-state index contributed by atoms with van der Waals surface area (Å²) < 4.78 is 9.22. The summed E-state index contributed by atoms with van der Waals surface area (Å²) in [5.41, 5.74) is 0. The molecule has 0 aliphatic rings. The van der Waals surface area contributed by atoms with Gasteiger partial charge in [-0.1, -0.05) is 0 Å². The van der Waals surface area contributed by atoms with Crippen molar-refractivity contribution in [3.8, 4) is 0 Å². The molecule has 0 bridgehead atoms. The van der Waals surface area contributed by atoms with Crippen LogP contribution in [0.5, 0.6) is 0 Å². The molecular formula is C2H4OP+. The van der Waals surface area contributed by atoms with Gasteiger partial charge in [0.25, 0.3) is 0 Å². The van der Waals surface area contributed by atoms with Crippen molar-refractivity contribution in [3.63, 3.8) is 0 Å². The van der Waals surface area contributed by atoms with Gasteiger partial charge >= 0.3 is 25.4 Å². The molecule has 0 amide bonds. The quantitative estimate of drug-likeness (QED) is 0.394. The van der Waals surface area contributed by atoms with Crippen LogP contribution >= 0.6 is 8.08 Å². The van der Waals surface area contributed by atoms with Crippen LogP contribution < -0.4 is 0 Å². The summed E-state index contributed by atoms with van der Waals surface area (Å²) >= 11 is 0. The van der Waals surface area contributed by atoms with Gasteiger partial charge < -0.3 is 0 Å². The number of hydrogen-bond acceptors (Lipinski definition) is 1. The Balaban J connectivity index is 3.11. The van der Waals surface area contributed by atoms with Crippen molar-refractivity contribution >= 4 is 13.9 Å². The predicted octanol–water partition coefficient (Wildman–Crippen LogP) is 1.10. The topological polar surface area (TPSA) is 17.1 Å². The minimum absolute atomic E-state index is 0.123. The molecule has 0 radical (unpaired) electrons. The van der Waals surface area contributed by atoms with Crippen molar-refractivity contribution in [2.75, 3.05) is 0 Å². The first-order chi connectivity index (χ1) is 1.91. The van der Waals surface area contributed by atoms with Crippen molar-refractivity contribution in [1.29, 1.82) is 0 Å². The summed E-state index contributed by atoms with van der Waals surface area (Å²) in [6, 6.07) is 0. The second-order valence-electron chi connectivity index (χ2n) is 0.364. The zero-order valence-electron chi connectivity index (χ0n) is 2.43. The Morgan fingerprint density at radius 2 is 2.25 bits per heavy atom. The molecule has 0 atom stereocenters. The molecule has 0 N–H and O–H groups in total. The van der Waals surface area contributed by atoms with Gasteiger partial charge in [-0.25, -0.2) is 0 Å². The fourth-order valence-electron chi connectivity index (χ4n) is 0. The summed E-state index contributed by atoms with van der Waals surface area (Å²) in [7, 11) is 0.123. The first-order valence-electron chi connectivity index (χ1n) is 1.02. The van der Waals surface area contributed by atoms with Gasteiger partial charge in [0.2, 0.25) is 0 Å². The third-order valence-corrected chi connectivity index (χ3v) is 0.316. The van der Waals surface area contributed by atoms with E-state index in [1.54, 1.807) is 12.7 Å². The van der Waals surface area contributed by atoms with Crippen LogP contribution in [0.15, 0.2) is 0 Å². The third-order valence-electron chi connectivity index (χ3n) is 0.105. The maximum atomic E-state index is 9.22. The van der Waals surface area contributed by atoms with Crippen LogP contribution in [0, 0.1) is 0 Å². The maximum absolute atomic E-state index is 9.22. The molecule has 0 aliphatic heterocycles. The second kappa shape index (κ2) is 3.10. The van der Waals surface area contributed by atoms with Crippen LogP contribution in [0.2, 0.25) is 0 Å². The van der Waals surface area contributed by atoms with E-state index >= 15 is 0 Å². The van der Waals surface area contributed by atoms with Crippen LogP contribution in [0.25, 0.3) is 0 Å². The van der Waals surface area contributed by atoms with Crippen molar-refractivity contribution in [2.24, 2.45) is 0 Å². The summed E-state index contributed by atoms with van der Waals surface area (Å²) in [5.74, 6) is 1.54. The van der Waals surface area contributed by atoms with Crippen molar-refractivity contribution in [1.82, 2.24) is 0 Å². The molecular weight excluding hydrogens is 71.0 g/mol. The van der Waals surface area contributed by atoms with E-state index in [2.05, 4.69) is 0 Å². The standard InChI is InChI=1S/C2H4OP/c1-2-4-3/h2H,1H3/q+1. The van der Waals surface area contributed by atoms with Crippen molar-refractivity contribution < 1.29 is 4.57 Å². The van der Waals surface area contributed by atoms with E-state index in [0.717, 1.165) is 0 Å². The van der Waals surface area contributed by atoms with E-state index in [4.69, 9.17) is 0 Å². The fraction of sp³-hybridized carbons (Fsp3) is 0.500. The molecule has 0 unspecified atom stereocenters. The van der Waals surface area contributed by atoms with Gasteiger partial charge in [0, 0.05) is 0 Å². The van der Waals surface area contributed by atoms with E-state index < -0.39 is 0 Å². The molecule has 0 fully saturated rings. The Labute approximate surface area is 26.5 Å². The molecule has 0 aromatic heterocycles. The van der Waals surface area contributed by atoms with E-state index in [0.29, 0.717) is 0 Å². The van der Waals surface area contributed by atoms with Gasteiger partial charge in [0.15, 0.2) is 0 Å². The van der Waals surface area contributed by atoms with Crippen LogP contribution in [0.3, 0.4) is 0 Å². The molecule has 4 heavy (non-hydrogen) atoms. The monoisotopic (exact) mass is 75.0 g/mol. The number of rotatable bonds is 0. The minimum atomic E-state index is 0.123. The van der Waals surface area contributed by atoms with Crippen LogP contribution in [0.1, 0.15) is 6.92 Å². The van der Waals surface area contributed by atoms with E-state index in [1.165, 1.54) is 0 Å². The zero-order chi connectivity index (χ0) is 3.41. The van der Waals surface area contributed by atoms with E-state index in [-0.39, 0.29) is 8.08 Å². The Hall–Kier alpha value is 0.100. The first-order valence-corrected chi connectivity index (χ1v) is 1.90. The van der Waals surface area contributed by atoms with E-state index in [1.807, 2.05) is 0 Å². The first kappa shape index (κ1) is 4.10. The molecule has 0 heterocycles. The van der Waals surface area contributed by atoms with Gasteiger partial charge in [0.1, 0.15) is 0 Å². The molecule has 2 heteroatoms. The SMILES string of the molecule is CC=[P+]=O. The fourth-order valence-corrected chi connectivity index (χ4v) is 0. The number of hydrogen-bond donors (Lipinski definition) is 0. The Morgan fingerprint density at radius 3 is 2.25 bits per heavy atom. The molecule has 0 saturated carbocycles. The van der Waals surface area contributed by atoms with Gasteiger partial charge in [-0.2, -0.15) is 0 Å².